The van der Waals surface area contributed by atoms with Crippen LogP contribution in [0, 0.1) is 0 Å². The van der Waals surface area contributed by atoms with Crippen LogP contribution in [0.1, 0.15) is 10.4 Å². The molecule has 0 saturated carbocycles. The summed E-state index contributed by atoms with van der Waals surface area (Å²) in [7, 11) is 0. The van der Waals surface area contributed by atoms with Crippen LogP contribution in [-0.2, 0) is 0 Å². The van der Waals surface area contributed by atoms with Gasteiger partial charge in [0.25, 0.3) is 5.91 Å². The number of hydrogen-bond donors (Lipinski definition) is 1. The summed E-state index contributed by atoms with van der Waals surface area (Å²) in [6, 6.07) is 18.4. The molecule has 4 rings (SSSR count). The van der Waals surface area contributed by atoms with E-state index in [0.29, 0.717) is 22.5 Å². The van der Waals surface area contributed by atoms with E-state index in [9.17, 15) is 4.79 Å². The largest absolute Gasteiger partial charge is 0.338 e. The number of halogens is 1. The van der Waals surface area contributed by atoms with Crippen LogP contribution in [-0.4, -0.2) is 25.4 Å². The number of carbonyl (C=O) groups excluding carboxylic acids is 1. The fourth-order valence-corrected chi connectivity index (χ4v) is 2.65. The van der Waals surface area contributed by atoms with Gasteiger partial charge in [-0.25, -0.2) is 9.55 Å². The molecule has 7 heteroatoms. The number of hydrogen-bond acceptors (Lipinski definition) is 5. The lowest BCUT2D eigenvalue weighted by molar-refractivity contribution is 0.0964. The van der Waals surface area contributed by atoms with E-state index in [4.69, 9.17) is 11.6 Å². The Bertz CT molecular complexity index is 1050. The summed E-state index contributed by atoms with van der Waals surface area (Å²) >= 11 is 6.06. The Morgan fingerprint density at radius 1 is 0.960 bits per heavy atom. The molecule has 25 heavy (non-hydrogen) atoms. The lowest BCUT2D eigenvalue weighted by Crippen LogP contribution is -2.11. The van der Waals surface area contributed by atoms with Crippen LogP contribution in [0.2, 0.25) is 5.28 Å². The van der Waals surface area contributed by atoms with Crippen molar-refractivity contribution >= 4 is 40.2 Å². The third-order valence-corrected chi connectivity index (χ3v) is 3.81. The fourth-order valence-electron chi connectivity index (χ4n) is 2.49. The number of benzene rings is 2. The minimum absolute atomic E-state index is 0.0357. The van der Waals surface area contributed by atoms with Gasteiger partial charge < -0.3 is 5.32 Å². The molecule has 0 atom stereocenters. The van der Waals surface area contributed by atoms with E-state index in [1.54, 1.807) is 24.3 Å². The van der Waals surface area contributed by atoms with Crippen molar-refractivity contribution in [2.24, 2.45) is 0 Å². The van der Waals surface area contributed by atoms with E-state index in [2.05, 4.69) is 20.3 Å². The van der Waals surface area contributed by atoms with Gasteiger partial charge in [-0.3, -0.25) is 4.79 Å². The number of nitrogens with one attached hydrogen (secondary N) is 1. The fraction of sp³-hybridized carbons (Fsp3) is 0. The van der Waals surface area contributed by atoms with Gasteiger partial charge in [0, 0.05) is 11.3 Å². The number of aromatic nitrogens is 4. The maximum absolute atomic E-state index is 12.7. The summed E-state index contributed by atoms with van der Waals surface area (Å²) in [5, 5.41) is 3.19. The number of fused-ring (bicyclic) bond motifs is 1. The van der Waals surface area contributed by atoms with E-state index in [1.807, 2.05) is 36.4 Å². The second kappa shape index (κ2) is 6.33. The number of imidazole rings is 1. The number of nitrogens with zero attached hydrogens (tertiary/aromatic N) is 4. The highest BCUT2D eigenvalue weighted by atomic mass is 35.5. The Labute approximate surface area is 148 Å². The first-order chi connectivity index (χ1) is 12.2. The average molecular weight is 350 g/mol. The molecule has 2 heterocycles. The van der Waals surface area contributed by atoms with Gasteiger partial charge in [-0.1, -0.05) is 36.4 Å². The monoisotopic (exact) mass is 349 g/mol. The Hall–Kier alpha value is -3.25. The van der Waals surface area contributed by atoms with Gasteiger partial charge in [0.15, 0.2) is 17.0 Å². The average Bonchev–Trinajstić information content (AvgIpc) is 3.06. The second-order valence-corrected chi connectivity index (χ2v) is 5.63. The van der Waals surface area contributed by atoms with Crippen LogP contribution in [0.15, 0.2) is 67.0 Å². The van der Waals surface area contributed by atoms with Crippen molar-refractivity contribution in [3.8, 4) is 0 Å². The van der Waals surface area contributed by atoms with Gasteiger partial charge in [-0.2, -0.15) is 9.97 Å². The van der Waals surface area contributed by atoms with Crippen LogP contribution >= 0.6 is 11.6 Å². The maximum atomic E-state index is 12.7. The van der Waals surface area contributed by atoms with E-state index >= 15 is 0 Å². The molecule has 4 aromatic rings. The molecular weight excluding hydrogens is 338 g/mol. The van der Waals surface area contributed by atoms with Crippen molar-refractivity contribution in [2.75, 3.05) is 5.32 Å². The topological polar surface area (TPSA) is 72.7 Å². The Kier molecular flexibility index (Phi) is 3.87. The van der Waals surface area contributed by atoms with Crippen molar-refractivity contribution < 1.29 is 4.79 Å². The van der Waals surface area contributed by atoms with Gasteiger partial charge in [0.1, 0.15) is 6.33 Å². The minimum atomic E-state index is -0.233. The predicted octanol–water partition coefficient (Wildman–Crippen LogP) is 3.91. The Balaban J connectivity index is 1.80. The molecule has 122 valence electrons. The molecule has 1 N–H and O–H groups in total. The number of para-hydroxylation sites is 1. The summed E-state index contributed by atoms with van der Waals surface area (Å²) < 4.78 is 1.37. The van der Waals surface area contributed by atoms with Gasteiger partial charge >= 0.3 is 0 Å². The molecule has 0 saturated heterocycles. The van der Waals surface area contributed by atoms with Gasteiger partial charge in [-0.15, -0.1) is 0 Å². The second-order valence-electron chi connectivity index (χ2n) is 5.29. The van der Waals surface area contributed by atoms with Gasteiger partial charge in [-0.05, 0) is 35.9 Å². The normalized spacial score (nSPS) is 10.8. The minimum Gasteiger partial charge on any atom is -0.338 e. The van der Waals surface area contributed by atoms with Crippen molar-refractivity contribution in [3.63, 3.8) is 0 Å². The molecule has 0 aliphatic carbocycles. The van der Waals surface area contributed by atoms with Crippen molar-refractivity contribution in [3.05, 3.63) is 77.8 Å². The molecule has 0 aliphatic rings. The van der Waals surface area contributed by atoms with Gasteiger partial charge in [0.2, 0.25) is 5.28 Å². The van der Waals surface area contributed by atoms with E-state index in [0.717, 1.165) is 5.69 Å². The van der Waals surface area contributed by atoms with Crippen LogP contribution in [0.25, 0.3) is 11.2 Å². The lowest BCUT2D eigenvalue weighted by Gasteiger charge is -2.07. The predicted molar refractivity (Wildman–Crippen MR) is 96.2 cm³/mol. The molecule has 0 radical (unpaired) electrons. The Morgan fingerprint density at radius 3 is 2.36 bits per heavy atom. The van der Waals surface area contributed by atoms with Crippen molar-refractivity contribution in [1.29, 1.82) is 0 Å². The molecule has 0 aliphatic heterocycles. The summed E-state index contributed by atoms with van der Waals surface area (Å²) in [5.74, 6) is 0.212. The molecule has 6 nitrogen and oxygen atoms in total. The molecule has 0 fully saturated rings. The first-order valence-corrected chi connectivity index (χ1v) is 7.92. The molecule has 0 bridgehead atoms. The standard InChI is InChI=1S/C18H12ClN5O/c19-18-22-15(21-13-9-5-2-6-10-13)14-16(23-18)24(11-20-14)17(25)12-7-3-1-4-8-12/h1-11H,(H,21,22,23). The van der Waals surface area contributed by atoms with Crippen LogP contribution in [0.3, 0.4) is 0 Å². The first-order valence-electron chi connectivity index (χ1n) is 7.55. The molecule has 2 aromatic heterocycles. The number of rotatable bonds is 3. The number of carbonyl (C=O) groups is 1. The zero-order valence-corrected chi connectivity index (χ0v) is 13.7. The van der Waals surface area contributed by atoms with Crippen LogP contribution in [0.4, 0.5) is 11.5 Å². The summed E-state index contributed by atoms with van der Waals surface area (Å²) in [5.41, 5.74) is 2.20. The summed E-state index contributed by atoms with van der Waals surface area (Å²) in [6.07, 6.45) is 1.43. The van der Waals surface area contributed by atoms with E-state index in [-0.39, 0.29) is 11.2 Å². The smallest absolute Gasteiger partial charge is 0.264 e. The van der Waals surface area contributed by atoms with Gasteiger partial charge in [0.05, 0.1) is 0 Å². The Morgan fingerprint density at radius 2 is 1.64 bits per heavy atom. The van der Waals surface area contributed by atoms with Crippen LogP contribution < -0.4 is 5.32 Å². The third-order valence-electron chi connectivity index (χ3n) is 3.64. The molecule has 0 amide bonds. The van der Waals surface area contributed by atoms with Crippen molar-refractivity contribution in [1.82, 2.24) is 19.5 Å². The summed E-state index contributed by atoms with van der Waals surface area (Å²) in [4.78, 5) is 25.4. The molecular formula is C18H12ClN5O. The zero-order valence-electron chi connectivity index (χ0n) is 12.9. The quantitative estimate of drug-likeness (QED) is 0.568. The van der Waals surface area contributed by atoms with E-state index < -0.39 is 0 Å². The summed E-state index contributed by atoms with van der Waals surface area (Å²) in [6.45, 7) is 0. The van der Waals surface area contributed by atoms with Crippen molar-refractivity contribution in [2.45, 2.75) is 0 Å². The van der Waals surface area contributed by atoms with E-state index in [1.165, 1.54) is 10.9 Å². The SMILES string of the molecule is O=C(c1ccccc1)n1cnc2c(Nc3ccccc3)nc(Cl)nc21. The highest BCUT2D eigenvalue weighted by molar-refractivity contribution is 6.28. The van der Waals surface area contributed by atoms with Crippen LogP contribution in [0.5, 0.6) is 0 Å². The zero-order chi connectivity index (χ0) is 17.2. The lowest BCUT2D eigenvalue weighted by atomic mass is 10.2. The molecule has 0 unspecified atom stereocenters. The molecule has 0 spiro atoms. The highest BCUT2D eigenvalue weighted by Gasteiger charge is 2.17. The molecule has 2 aromatic carbocycles. The number of anilines is 2. The third kappa shape index (κ3) is 2.95. The maximum Gasteiger partial charge on any atom is 0.264 e. The first kappa shape index (κ1) is 15.3. The highest BCUT2D eigenvalue weighted by Crippen LogP contribution is 2.24.